The van der Waals surface area contributed by atoms with Crippen LogP contribution in [0.5, 0.6) is 0 Å². The molecule has 5 nitrogen and oxygen atoms in total. The molecule has 3 N–H and O–H groups in total. The minimum atomic E-state index is -0.0357. The van der Waals surface area contributed by atoms with Crippen molar-refractivity contribution in [1.29, 1.82) is 0 Å². The van der Waals surface area contributed by atoms with E-state index in [1.165, 1.54) is 0 Å². The lowest BCUT2D eigenvalue weighted by Crippen LogP contribution is -2.27. The van der Waals surface area contributed by atoms with Gasteiger partial charge in [0.05, 0.1) is 22.8 Å². The molecule has 0 spiro atoms. The van der Waals surface area contributed by atoms with E-state index in [4.69, 9.17) is 28.9 Å². The summed E-state index contributed by atoms with van der Waals surface area (Å²) in [5, 5.41) is 8.45. The first-order chi connectivity index (χ1) is 10.9. The van der Waals surface area contributed by atoms with Gasteiger partial charge >= 0.3 is 0 Å². The van der Waals surface area contributed by atoms with Crippen molar-refractivity contribution >= 4 is 29.1 Å². The fraction of sp³-hybridized carbons (Fsp3) is 0.375. The number of aryl methyl sites for hydroxylation is 1. The van der Waals surface area contributed by atoms with E-state index in [9.17, 15) is 4.79 Å². The van der Waals surface area contributed by atoms with Gasteiger partial charge in [0.2, 0.25) is 5.91 Å². The number of carbonyl (C=O) groups excluding carboxylic acids is 1. The van der Waals surface area contributed by atoms with Gasteiger partial charge in [-0.05, 0) is 45.0 Å². The fourth-order valence-electron chi connectivity index (χ4n) is 2.37. The zero-order chi connectivity index (χ0) is 17.0. The summed E-state index contributed by atoms with van der Waals surface area (Å²) >= 11 is 12.2. The lowest BCUT2D eigenvalue weighted by molar-refractivity contribution is -0.120. The highest BCUT2D eigenvalue weighted by molar-refractivity contribution is 6.35. The van der Waals surface area contributed by atoms with Crippen LogP contribution in [0.3, 0.4) is 0 Å². The maximum absolute atomic E-state index is 12.0. The summed E-state index contributed by atoms with van der Waals surface area (Å²) in [4.78, 5) is 12.0. The molecule has 0 fully saturated rings. The predicted octanol–water partition coefficient (Wildman–Crippen LogP) is 2.80. The molecule has 124 valence electrons. The second-order valence-electron chi connectivity index (χ2n) is 5.33. The molecule has 0 saturated heterocycles. The molecule has 0 aliphatic carbocycles. The molecule has 0 atom stereocenters. The number of carbonyl (C=O) groups is 1. The van der Waals surface area contributed by atoms with Gasteiger partial charge < -0.3 is 11.1 Å². The third kappa shape index (κ3) is 4.25. The highest BCUT2D eigenvalue weighted by Crippen LogP contribution is 2.27. The molecule has 1 aromatic heterocycles. The Labute approximate surface area is 145 Å². The van der Waals surface area contributed by atoms with Crippen molar-refractivity contribution in [1.82, 2.24) is 15.1 Å². The third-order valence-corrected chi connectivity index (χ3v) is 4.16. The molecule has 23 heavy (non-hydrogen) atoms. The Morgan fingerprint density at radius 1 is 1.35 bits per heavy atom. The van der Waals surface area contributed by atoms with E-state index >= 15 is 0 Å². The summed E-state index contributed by atoms with van der Waals surface area (Å²) in [5.41, 5.74) is 8.76. The lowest BCUT2D eigenvalue weighted by Gasteiger charge is -2.08. The molecule has 7 heteroatoms. The summed E-state index contributed by atoms with van der Waals surface area (Å²) in [7, 11) is 0. The minimum Gasteiger partial charge on any atom is -0.356 e. The van der Waals surface area contributed by atoms with Crippen molar-refractivity contribution in [3.05, 3.63) is 45.2 Å². The maximum Gasteiger partial charge on any atom is 0.224 e. The first-order valence-corrected chi connectivity index (χ1v) is 8.17. The summed E-state index contributed by atoms with van der Waals surface area (Å²) in [5.74, 6) is -0.0357. The molecule has 1 amide bonds. The molecule has 1 heterocycles. The van der Waals surface area contributed by atoms with Crippen molar-refractivity contribution in [3.63, 3.8) is 0 Å². The third-order valence-electron chi connectivity index (χ3n) is 3.62. The van der Waals surface area contributed by atoms with Crippen LogP contribution in [0, 0.1) is 13.8 Å². The molecule has 2 aromatic rings. The molecule has 0 aliphatic heterocycles. The highest BCUT2D eigenvalue weighted by atomic mass is 35.5. The normalized spacial score (nSPS) is 10.8. The van der Waals surface area contributed by atoms with Gasteiger partial charge in [-0.1, -0.05) is 23.2 Å². The van der Waals surface area contributed by atoms with Crippen LogP contribution in [0.25, 0.3) is 5.69 Å². The molecular formula is C16H20Cl2N4O. The first-order valence-electron chi connectivity index (χ1n) is 7.41. The van der Waals surface area contributed by atoms with Crippen LogP contribution in [-0.4, -0.2) is 28.8 Å². The van der Waals surface area contributed by atoms with Crippen LogP contribution in [0.1, 0.15) is 23.4 Å². The number of hydrogen-bond donors (Lipinski definition) is 2. The maximum atomic E-state index is 12.0. The number of benzene rings is 1. The van der Waals surface area contributed by atoms with Crippen LogP contribution in [0.2, 0.25) is 10.0 Å². The molecule has 2 rings (SSSR count). The SMILES string of the molecule is Cc1nn(-c2ccc(Cl)cc2Cl)c(C)c1CC(=O)NCCCN. The van der Waals surface area contributed by atoms with Crippen LogP contribution in [0.15, 0.2) is 18.2 Å². The average molecular weight is 355 g/mol. The van der Waals surface area contributed by atoms with Gasteiger partial charge in [0.15, 0.2) is 0 Å². The first kappa shape index (κ1) is 17.8. The molecule has 0 radical (unpaired) electrons. The highest BCUT2D eigenvalue weighted by Gasteiger charge is 2.17. The van der Waals surface area contributed by atoms with E-state index in [0.29, 0.717) is 23.1 Å². The van der Waals surface area contributed by atoms with Gasteiger partial charge in [0.1, 0.15) is 0 Å². The Hall–Kier alpha value is -1.56. The van der Waals surface area contributed by atoms with E-state index in [1.807, 2.05) is 19.9 Å². The number of nitrogens with one attached hydrogen (secondary N) is 1. The molecule has 1 aromatic carbocycles. The lowest BCUT2D eigenvalue weighted by atomic mass is 10.1. The minimum absolute atomic E-state index is 0.0357. The monoisotopic (exact) mass is 354 g/mol. The van der Waals surface area contributed by atoms with E-state index < -0.39 is 0 Å². The molecule has 0 saturated carbocycles. The average Bonchev–Trinajstić information content (AvgIpc) is 2.76. The van der Waals surface area contributed by atoms with Crippen molar-refractivity contribution in [2.75, 3.05) is 13.1 Å². The van der Waals surface area contributed by atoms with Crippen molar-refractivity contribution in [3.8, 4) is 5.69 Å². The van der Waals surface area contributed by atoms with Gasteiger partial charge in [-0.3, -0.25) is 4.79 Å². The number of rotatable bonds is 6. The van der Waals surface area contributed by atoms with Gasteiger partial charge in [0, 0.05) is 22.8 Å². The smallest absolute Gasteiger partial charge is 0.224 e. The Morgan fingerprint density at radius 2 is 2.09 bits per heavy atom. The standard InChI is InChI=1S/C16H20Cl2N4O/c1-10-13(9-16(23)20-7-3-6-19)11(2)22(21-10)15-5-4-12(17)8-14(15)18/h4-5,8H,3,6-7,9,19H2,1-2H3,(H,20,23). The van der Waals surface area contributed by atoms with Gasteiger partial charge in [-0.25, -0.2) is 4.68 Å². The molecule has 0 bridgehead atoms. The quantitative estimate of drug-likeness (QED) is 0.783. The summed E-state index contributed by atoms with van der Waals surface area (Å²) in [6.07, 6.45) is 1.05. The number of nitrogens with two attached hydrogens (primary N) is 1. The Morgan fingerprint density at radius 3 is 2.74 bits per heavy atom. The molecular weight excluding hydrogens is 335 g/mol. The van der Waals surface area contributed by atoms with Crippen LogP contribution in [-0.2, 0) is 11.2 Å². The molecule has 0 unspecified atom stereocenters. The summed E-state index contributed by atoms with van der Waals surface area (Å²) in [6.45, 7) is 4.96. The predicted molar refractivity (Wildman–Crippen MR) is 93.4 cm³/mol. The van der Waals surface area contributed by atoms with Crippen molar-refractivity contribution < 1.29 is 4.79 Å². The number of hydrogen-bond acceptors (Lipinski definition) is 3. The summed E-state index contributed by atoms with van der Waals surface area (Å²) < 4.78 is 1.75. The van der Waals surface area contributed by atoms with Crippen LogP contribution < -0.4 is 11.1 Å². The Balaban J connectivity index is 2.24. The van der Waals surface area contributed by atoms with Gasteiger partial charge in [-0.15, -0.1) is 0 Å². The molecule has 0 aliphatic rings. The van der Waals surface area contributed by atoms with E-state index in [1.54, 1.807) is 16.8 Å². The Bertz CT molecular complexity index is 712. The van der Waals surface area contributed by atoms with Crippen LogP contribution in [0.4, 0.5) is 0 Å². The van der Waals surface area contributed by atoms with Gasteiger partial charge in [-0.2, -0.15) is 5.10 Å². The Kier molecular flexibility index (Phi) is 6.04. The largest absolute Gasteiger partial charge is 0.356 e. The second-order valence-corrected chi connectivity index (χ2v) is 6.17. The summed E-state index contributed by atoms with van der Waals surface area (Å²) in [6, 6.07) is 5.25. The number of aromatic nitrogens is 2. The van der Waals surface area contributed by atoms with Gasteiger partial charge in [0.25, 0.3) is 0 Å². The van der Waals surface area contributed by atoms with Crippen molar-refractivity contribution in [2.24, 2.45) is 5.73 Å². The second kappa shape index (κ2) is 7.81. The number of halogens is 2. The zero-order valence-corrected chi connectivity index (χ0v) is 14.7. The zero-order valence-electron chi connectivity index (χ0n) is 13.2. The van der Waals surface area contributed by atoms with Crippen LogP contribution >= 0.6 is 23.2 Å². The number of amides is 1. The van der Waals surface area contributed by atoms with E-state index in [2.05, 4.69) is 10.4 Å². The van der Waals surface area contributed by atoms with E-state index in [0.717, 1.165) is 29.1 Å². The van der Waals surface area contributed by atoms with Crippen molar-refractivity contribution in [2.45, 2.75) is 26.7 Å². The fourth-order valence-corrected chi connectivity index (χ4v) is 2.86. The van der Waals surface area contributed by atoms with E-state index in [-0.39, 0.29) is 12.3 Å². The topological polar surface area (TPSA) is 72.9 Å². The number of nitrogens with zero attached hydrogens (tertiary/aromatic N) is 2.